The summed E-state index contributed by atoms with van der Waals surface area (Å²) in [5.74, 6) is 0.776. The summed E-state index contributed by atoms with van der Waals surface area (Å²) in [5, 5.41) is 2.87. The molecule has 0 fully saturated rings. The molecule has 1 N–H and O–H groups in total. The molecule has 3 aromatic rings. The first kappa shape index (κ1) is 20.4. The van der Waals surface area contributed by atoms with E-state index in [9.17, 15) is 9.00 Å². The van der Waals surface area contributed by atoms with Crippen molar-refractivity contribution < 1.29 is 13.4 Å². The highest BCUT2D eigenvalue weighted by Crippen LogP contribution is 2.17. The third kappa shape index (κ3) is 5.59. The molecule has 1 aromatic heterocycles. The number of hydrogen-bond donors (Lipinski definition) is 1. The van der Waals surface area contributed by atoms with Gasteiger partial charge in [0.25, 0.3) is 5.91 Å². The number of aryl methyl sites for hydroxylation is 1. The number of carbonyl (C=O) groups is 1. The second kappa shape index (κ2) is 9.75. The van der Waals surface area contributed by atoms with Gasteiger partial charge < -0.3 is 9.73 Å². The number of benzene rings is 2. The molecule has 0 radical (unpaired) electrons. The lowest BCUT2D eigenvalue weighted by molar-refractivity contribution is 0.0925. The molecule has 0 saturated heterocycles. The highest BCUT2D eigenvalue weighted by molar-refractivity contribution is 7.98. The zero-order valence-electron chi connectivity index (χ0n) is 15.9. The van der Waals surface area contributed by atoms with Crippen molar-refractivity contribution >= 4 is 28.5 Å². The van der Waals surface area contributed by atoms with Crippen LogP contribution >= 0.6 is 11.8 Å². The maximum Gasteiger partial charge on any atom is 0.287 e. The van der Waals surface area contributed by atoms with Crippen molar-refractivity contribution in [3.63, 3.8) is 0 Å². The topological polar surface area (TPSA) is 59.3 Å². The molecule has 146 valence electrons. The van der Waals surface area contributed by atoms with Crippen molar-refractivity contribution in [3.05, 3.63) is 83.3 Å². The van der Waals surface area contributed by atoms with Gasteiger partial charge in [-0.15, -0.1) is 11.8 Å². The smallest absolute Gasteiger partial charge is 0.287 e. The van der Waals surface area contributed by atoms with Gasteiger partial charge in [-0.25, -0.2) is 0 Å². The maximum atomic E-state index is 12.5. The van der Waals surface area contributed by atoms with E-state index in [0.29, 0.717) is 12.3 Å². The quantitative estimate of drug-likeness (QED) is 0.549. The molecule has 28 heavy (non-hydrogen) atoms. The molecule has 3 rings (SSSR count). The van der Waals surface area contributed by atoms with Crippen LogP contribution in [0.25, 0.3) is 0 Å². The summed E-state index contributed by atoms with van der Waals surface area (Å²) in [5.41, 5.74) is 2.24. The standard InChI is InChI=1S/C22H23NO3S2/c1-16-4-3-5-20(14-16)28(25)15-18-8-11-21(26-18)22(24)23-13-12-17-6-9-19(27-2)10-7-17/h3-11,14H,12-13,15H2,1-2H3,(H,23,24)/t28-/m0/s1. The van der Waals surface area contributed by atoms with E-state index in [1.165, 1.54) is 10.5 Å². The van der Waals surface area contributed by atoms with Crippen molar-refractivity contribution in [3.8, 4) is 0 Å². The molecular formula is C22H23NO3S2. The Bertz CT molecular complexity index is 964. The second-order valence-electron chi connectivity index (χ2n) is 6.43. The van der Waals surface area contributed by atoms with Crippen molar-refractivity contribution in [2.45, 2.75) is 28.9 Å². The van der Waals surface area contributed by atoms with Crippen LogP contribution in [0.3, 0.4) is 0 Å². The Balaban J connectivity index is 1.51. The minimum Gasteiger partial charge on any atom is -0.455 e. The maximum absolute atomic E-state index is 12.5. The number of thioether (sulfide) groups is 1. The molecule has 2 aromatic carbocycles. The highest BCUT2D eigenvalue weighted by Gasteiger charge is 2.13. The fraction of sp³-hybridized carbons (Fsp3) is 0.227. The molecule has 0 unspecified atom stereocenters. The molecule has 0 saturated carbocycles. The summed E-state index contributed by atoms with van der Waals surface area (Å²) in [6, 6.07) is 19.2. The summed E-state index contributed by atoms with van der Waals surface area (Å²) >= 11 is 1.71. The SMILES string of the molecule is CSc1ccc(CCNC(=O)c2ccc(C[S@](=O)c3cccc(C)c3)o2)cc1. The molecule has 0 aliphatic carbocycles. The van der Waals surface area contributed by atoms with E-state index in [4.69, 9.17) is 4.42 Å². The van der Waals surface area contributed by atoms with Gasteiger partial charge in [0.15, 0.2) is 5.76 Å². The molecule has 1 atom stereocenters. The molecule has 0 aliphatic rings. The summed E-state index contributed by atoms with van der Waals surface area (Å²) in [6.07, 6.45) is 2.80. The van der Waals surface area contributed by atoms with Crippen LogP contribution in [-0.2, 0) is 23.0 Å². The second-order valence-corrected chi connectivity index (χ2v) is 8.76. The van der Waals surface area contributed by atoms with E-state index >= 15 is 0 Å². The van der Waals surface area contributed by atoms with E-state index < -0.39 is 10.8 Å². The fourth-order valence-electron chi connectivity index (χ4n) is 2.75. The van der Waals surface area contributed by atoms with E-state index in [0.717, 1.165) is 16.9 Å². The first-order valence-electron chi connectivity index (χ1n) is 9.00. The average molecular weight is 414 g/mol. The Morgan fingerprint density at radius 1 is 1.11 bits per heavy atom. The van der Waals surface area contributed by atoms with Gasteiger partial charge in [-0.2, -0.15) is 0 Å². The Labute approximate surface area is 172 Å². The lowest BCUT2D eigenvalue weighted by Crippen LogP contribution is -2.25. The number of nitrogens with one attached hydrogen (secondary N) is 1. The number of carbonyl (C=O) groups excluding carboxylic acids is 1. The van der Waals surface area contributed by atoms with Crippen LogP contribution in [-0.4, -0.2) is 22.9 Å². The first-order valence-corrected chi connectivity index (χ1v) is 11.5. The zero-order chi connectivity index (χ0) is 19.9. The molecule has 0 spiro atoms. The van der Waals surface area contributed by atoms with Crippen molar-refractivity contribution in [1.29, 1.82) is 0 Å². The third-order valence-corrected chi connectivity index (χ3v) is 6.34. The average Bonchev–Trinajstić information content (AvgIpc) is 3.17. The van der Waals surface area contributed by atoms with Gasteiger partial charge in [0.1, 0.15) is 5.76 Å². The molecule has 6 heteroatoms. The highest BCUT2D eigenvalue weighted by atomic mass is 32.2. The summed E-state index contributed by atoms with van der Waals surface area (Å²) in [7, 11) is -1.20. The summed E-state index contributed by atoms with van der Waals surface area (Å²) in [4.78, 5) is 14.2. The number of furan rings is 1. The van der Waals surface area contributed by atoms with Gasteiger partial charge in [-0.05, 0) is 67.1 Å². The first-order chi connectivity index (χ1) is 13.5. The number of hydrogen-bond acceptors (Lipinski definition) is 4. The minimum atomic E-state index is -1.20. The molecule has 0 aliphatic heterocycles. The Hall–Kier alpha value is -2.31. The van der Waals surface area contributed by atoms with E-state index in [1.807, 2.05) is 37.4 Å². The van der Waals surface area contributed by atoms with Crippen LogP contribution in [0.1, 0.15) is 27.4 Å². The Kier molecular flexibility index (Phi) is 7.12. The van der Waals surface area contributed by atoms with Crippen LogP contribution in [0.2, 0.25) is 0 Å². The predicted octanol–water partition coefficient (Wildman–Crippen LogP) is 4.59. The van der Waals surface area contributed by atoms with Crippen LogP contribution in [0, 0.1) is 6.92 Å². The van der Waals surface area contributed by atoms with Gasteiger partial charge >= 0.3 is 0 Å². The number of rotatable bonds is 8. The van der Waals surface area contributed by atoms with Crippen molar-refractivity contribution in [2.75, 3.05) is 12.8 Å². The van der Waals surface area contributed by atoms with Gasteiger partial charge in [0, 0.05) is 16.3 Å². The van der Waals surface area contributed by atoms with Crippen LogP contribution in [0.5, 0.6) is 0 Å². The normalized spacial score (nSPS) is 11.9. The lowest BCUT2D eigenvalue weighted by atomic mass is 10.1. The Morgan fingerprint density at radius 3 is 2.61 bits per heavy atom. The van der Waals surface area contributed by atoms with Gasteiger partial charge in [-0.1, -0.05) is 24.3 Å². The lowest BCUT2D eigenvalue weighted by Gasteiger charge is -2.05. The molecule has 1 amide bonds. The molecule has 0 bridgehead atoms. The summed E-state index contributed by atoms with van der Waals surface area (Å²) in [6.45, 7) is 2.50. The summed E-state index contributed by atoms with van der Waals surface area (Å²) < 4.78 is 18.1. The Morgan fingerprint density at radius 2 is 1.89 bits per heavy atom. The monoisotopic (exact) mass is 413 g/mol. The van der Waals surface area contributed by atoms with E-state index in [-0.39, 0.29) is 17.4 Å². The molecular weight excluding hydrogens is 390 g/mol. The van der Waals surface area contributed by atoms with Crippen molar-refractivity contribution in [2.24, 2.45) is 0 Å². The minimum absolute atomic E-state index is 0.244. The van der Waals surface area contributed by atoms with E-state index in [2.05, 4.69) is 29.6 Å². The fourth-order valence-corrected chi connectivity index (χ4v) is 4.28. The van der Waals surface area contributed by atoms with Gasteiger partial charge in [0.05, 0.1) is 16.6 Å². The van der Waals surface area contributed by atoms with Crippen LogP contribution in [0.15, 0.2) is 74.9 Å². The van der Waals surface area contributed by atoms with Gasteiger partial charge in [0.2, 0.25) is 0 Å². The van der Waals surface area contributed by atoms with Gasteiger partial charge in [-0.3, -0.25) is 9.00 Å². The van der Waals surface area contributed by atoms with E-state index in [1.54, 1.807) is 23.9 Å². The predicted molar refractivity (Wildman–Crippen MR) is 114 cm³/mol. The zero-order valence-corrected chi connectivity index (χ0v) is 17.6. The third-order valence-electron chi connectivity index (χ3n) is 4.27. The number of amides is 1. The van der Waals surface area contributed by atoms with Crippen LogP contribution in [0.4, 0.5) is 0 Å². The largest absolute Gasteiger partial charge is 0.455 e. The van der Waals surface area contributed by atoms with Crippen molar-refractivity contribution in [1.82, 2.24) is 5.32 Å². The molecule has 4 nitrogen and oxygen atoms in total. The van der Waals surface area contributed by atoms with Crippen LogP contribution < -0.4 is 5.32 Å². The molecule has 1 heterocycles.